The lowest BCUT2D eigenvalue weighted by molar-refractivity contribution is 0.0937. The summed E-state index contributed by atoms with van der Waals surface area (Å²) in [4.78, 5) is 21.9. The predicted octanol–water partition coefficient (Wildman–Crippen LogP) is 1.24. The number of rotatable bonds is 2. The molecule has 11 heteroatoms. The second kappa shape index (κ2) is 7.43. The third kappa shape index (κ3) is 3.37. The summed E-state index contributed by atoms with van der Waals surface area (Å²) in [5.41, 5.74) is 6.96. The minimum Gasteiger partial charge on any atom is -0.493 e. The van der Waals surface area contributed by atoms with Crippen molar-refractivity contribution < 1.29 is 17.9 Å². The number of nitriles is 1. The highest BCUT2D eigenvalue weighted by atomic mass is 32.2. The van der Waals surface area contributed by atoms with E-state index in [1.54, 1.807) is 42.8 Å². The van der Waals surface area contributed by atoms with Crippen molar-refractivity contribution in [3.8, 4) is 6.07 Å². The van der Waals surface area contributed by atoms with Crippen LogP contribution in [0.4, 0.5) is 0 Å². The zero-order chi connectivity index (χ0) is 24.3. The van der Waals surface area contributed by atoms with Crippen molar-refractivity contribution in [3.63, 3.8) is 0 Å². The summed E-state index contributed by atoms with van der Waals surface area (Å²) in [6.45, 7) is 3.46. The molecule has 2 atom stereocenters. The summed E-state index contributed by atoms with van der Waals surface area (Å²) in [5, 5.41) is 12.0. The molecule has 0 saturated carbocycles. The van der Waals surface area contributed by atoms with Gasteiger partial charge in [0.15, 0.2) is 9.84 Å². The van der Waals surface area contributed by atoms with E-state index in [1.165, 1.54) is 0 Å². The maximum Gasteiger partial charge on any atom is 0.271 e. The Labute approximate surface area is 196 Å². The molecular formula is C23H24N6O4S. The molecule has 0 radical (unpaired) electrons. The monoisotopic (exact) mass is 480 g/mol. The van der Waals surface area contributed by atoms with Crippen molar-refractivity contribution in [1.29, 1.82) is 5.26 Å². The molecule has 3 N–H and O–H groups in total. The van der Waals surface area contributed by atoms with Crippen LogP contribution in [0.3, 0.4) is 0 Å². The summed E-state index contributed by atoms with van der Waals surface area (Å²) in [5.74, 6) is 0.106. The number of pyridine rings is 1. The molecule has 176 valence electrons. The maximum atomic E-state index is 13.1. The van der Waals surface area contributed by atoms with E-state index < -0.39 is 26.2 Å². The van der Waals surface area contributed by atoms with Crippen molar-refractivity contribution in [2.75, 3.05) is 12.4 Å². The van der Waals surface area contributed by atoms with E-state index in [-0.39, 0.29) is 23.2 Å². The summed E-state index contributed by atoms with van der Waals surface area (Å²) < 4.78 is 32.4. The van der Waals surface area contributed by atoms with Crippen molar-refractivity contribution in [3.05, 3.63) is 59.3 Å². The lowest BCUT2D eigenvalue weighted by Gasteiger charge is -2.44. The number of carbonyl (C=O) groups excluding carboxylic acids is 1. The molecular weight excluding hydrogens is 456 g/mol. The molecule has 1 fully saturated rings. The Morgan fingerprint density at radius 1 is 1.35 bits per heavy atom. The highest BCUT2D eigenvalue weighted by Crippen LogP contribution is 2.44. The first-order valence-electron chi connectivity index (χ1n) is 10.9. The van der Waals surface area contributed by atoms with Crippen LogP contribution in [0.25, 0.3) is 5.65 Å². The molecule has 1 saturated heterocycles. The fourth-order valence-corrected chi connectivity index (χ4v) is 6.23. The van der Waals surface area contributed by atoms with Gasteiger partial charge in [0.2, 0.25) is 0 Å². The number of hydrogen-bond acceptors (Lipinski definition) is 8. The number of imidazole rings is 1. The van der Waals surface area contributed by atoms with Gasteiger partial charge >= 0.3 is 0 Å². The highest BCUT2D eigenvalue weighted by Gasteiger charge is 2.53. The van der Waals surface area contributed by atoms with E-state index in [4.69, 9.17) is 20.7 Å². The van der Waals surface area contributed by atoms with Gasteiger partial charge in [-0.3, -0.25) is 9.79 Å². The van der Waals surface area contributed by atoms with Gasteiger partial charge in [-0.05, 0) is 38.5 Å². The normalized spacial score (nSPS) is 27.0. The van der Waals surface area contributed by atoms with Gasteiger partial charge in [-0.15, -0.1) is 0 Å². The highest BCUT2D eigenvalue weighted by molar-refractivity contribution is 7.93. The number of hydrogen-bond donors (Lipinski definition) is 2. The molecule has 1 unspecified atom stereocenters. The predicted molar refractivity (Wildman–Crippen MR) is 125 cm³/mol. The van der Waals surface area contributed by atoms with Crippen LogP contribution in [0, 0.1) is 11.3 Å². The Morgan fingerprint density at radius 3 is 2.88 bits per heavy atom. The lowest BCUT2D eigenvalue weighted by atomic mass is 9.81. The van der Waals surface area contributed by atoms with Crippen LogP contribution < -0.4 is 11.1 Å². The van der Waals surface area contributed by atoms with Crippen LogP contribution in [-0.2, 0) is 14.6 Å². The van der Waals surface area contributed by atoms with Crippen molar-refractivity contribution in [2.45, 2.75) is 43.0 Å². The zero-order valence-electron chi connectivity index (χ0n) is 18.8. The van der Waals surface area contributed by atoms with Crippen LogP contribution in [0.1, 0.15) is 42.7 Å². The number of fused-ring (bicyclic) bond motifs is 3. The first-order valence-corrected chi connectivity index (χ1v) is 12.5. The van der Waals surface area contributed by atoms with Gasteiger partial charge in [-0.25, -0.2) is 13.4 Å². The molecule has 5 rings (SSSR count). The van der Waals surface area contributed by atoms with Gasteiger partial charge in [0.25, 0.3) is 5.91 Å². The number of nitrogens with zero attached hydrogens (tertiary/aromatic N) is 4. The lowest BCUT2D eigenvalue weighted by Crippen LogP contribution is -2.58. The molecule has 1 aliphatic carbocycles. The summed E-state index contributed by atoms with van der Waals surface area (Å²) in [6, 6.07) is 4.96. The van der Waals surface area contributed by atoms with Gasteiger partial charge in [0.1, 0.15) is 39.3 Å². The molecule has 1 amide bonds. The van der Waals surface area contributed by atoms with E-state index in [0.717, 1.165) is 0 Å². The largest absolute Gasteiger partial charge is 0.493 e. The second-order valence-electron chi connectivity index (χ2n) is 9.28. The third-order valence-electron chi connectivity index (χ3n) is 6.75. The van der Waals surface area contributed by atoms with Crippen molar-refractivity contribution in [1.82, 2.24) is 14.7 Å². The smallest absolute Gasteiger partial charge is 0.271 e. The van der Waals surface area contributed by atoms with Crippen LogP contribution in [0.2, 0.25) is 0 Å². The second-order valence-corrected chi connectivity index (χ2v) is 11.8. The van der Waals surface area contributed by atoms with E-state index in [9.17, 15) is 13.2 Å². The molecule has 34 heavy (non-hydrogen) atoms. The third-order valence-corrected chi connectivity index (χ3v) is 9.37. The summed E-state index contributed by atoms with van der Waals surface area (Å²) in [7, 11) is -3.58. The average Bonchev–Trinajstić information content (AvgIpc) is 3.22. The fraction of sp³-hybridized carbons (Fsp3) is 0.391. The fourth-order valence-electron chi connectivity index (χ4n) is 4.51. The van der Waals surface area contributed by atoms with Crippen LogP contribution in [0.5, 0.6) is 0 Å². The minimum atomic E-state index is -3.58. The summed E-state index contributed by atoms with van der Waals surface area (Å²) in [6.07, 6.45) is 7.69. The Kier molecular flexibility index (Phi) is 4.84. The zero-order valence-corrected chi connectivity index (χ0v) is 19.6. The number of carbonyl (C=O) groups is 1. The Hall–Kier alpha value is -3.65. The van der Waals surface area contributed by atoms with E-state index in [0.29, 0.717) is 42.0 Å². The quantitative estimate of drug-likeness (QED) is 0.656. The Bertz CT molecular complexity index is 1460. The van der Waals surface area contributed by atoms with Gasteiger partial charge in [-0.2, -0.15) is 5.26 Å². The van der Waals surface area contributed by atoms with Crippen molar-refractivity contribution in [2.24, 2.45) is 10.7 Å². The van der Waals surface area contributed by atoms with Crippen LogP contribution in [-0.4, -0.2) is 58.2 Å². The molecule has 10 nitrogen and oxygen atoms in total. The van der Waals surface area contributed by atoms with Gasteiger partial charge in [0, 0.05) is 24.4 Å². The topological polar surface area (TPSA) is 152 Å². The molecule has 0 aromatic carbocycles. The van der Waals surface area contributed by atoms with E-state index in [2.05, 4.69) is 16.4 Å². The molecule has 2 aliphatic heterocycles. The first-order chi connectivity index (χ1) is 16.0. The molecule has 2 aromatic heterocycles. The number of nitrogens with one attached hydrogen (secondary N) is 1. The SMILES string of the molecule is CC1(C)C(N)=N[C@@]2(CCOC3=CCC(NC(=O)c4cn5cc(C#N)ccc5n4)C=C32)CS1(=O)=O. The number of ether oxygens (including phenoxy) is 1. The standard InChI is InChI=1S/C23H24N6O4S/c1-22(2)21(25)28-23(13-34(22,31)32)7-8-33-18-5-4-15(9-16(18)23)26-20(30)17-12-29-11-14(10-24)3-6-19(29)27-17/h3,5-6,9,11-12,15H,4,7-8,13H2,1-2H3,(H2,25,28)(H,26,30)/t15?,23-/m0/s1. The Balaban J connectivity index is 1.45. The van der Waals surface area contributed by atoms with Gasteiger partial charge in [0.05, 0.1) is 24.0 Å². The number of amidine groups is 1. The number of amides is 1. The Morgan fingerprint density at radius 2 is 2.15 bits per heavy atom. The number of aromatic nitrogens is 2. The molecule has 0 bridgehead atoms. The van der Waals surface area contributed by atoms with E-state index in [1.807, 2.05) is 12.2 Å². The maximum absolute atomic E-state index is 13.1. The number of sulfone groups is 1. The van der Waals surface area contributed by atoms with E-state index >= 15 is 0 Å². The minimum absolute atomic E-state index is 0.0773. The van der Waals surface area contributed by atoms with Gasteiger partial charge in [-0.1, -0.05) is 6.08 Å². The number of aliphatic imine (C=N–C) groups is 1. The average molecular weight is 481 g/mol. The molecule has 1 spiro atoms. The van der Waals surface area contributed by atoms with Gasteiger partial charge < -0.3 is 20.2 Å². The van der Waals surface area contributed by atoms with Crippen molar-refractivity contribution >= 4 is 27.2 Å². The first kappa shape index (κ1) is 22.2. The van der Waals surface area contributed by atoms with Crippen LogP contribution >= 0.6 is 0 Å². The molecule has 4 heterocycles. The summed E-state index contributed by atoms with van der Waals surface area (Å²) >= 11 is 0. The molecule has 2 aromatic rings. The van der Waals surface area contributed by atoms with Crippen LogP contribution in [0.15, 0.2) is 53.0 Å². The molecule has 3 aliphatic rings. The number of nitrogens with two attached hydrogens (primary N) is 1.